The third-order valence-corrected chi connectivity index (χ3v) is 3.28. The zero-order chi connectivity index (χ0) is 13.9. The summed E-state index contributed by atoms with van der Waals surface area (Å²) in [6, 6.07) is 0. The van der Waals surface area contributed by atoms with Crippen molar-refractivity contribution in [2.24, 2.45) is 11.8 Å². The zero-order valence-corrected chi connectivity index (χ0v) is 11.9. The number of carbonyl (C=O) groups excluding carboxylic acids is 2. The molecule has 0 aromatic carbocycles. The van der Waals surface area contributed by atoms with Gasteiger partial charge in [-0.15, -0.1) is 0 Å². The first-order valence-corrected chi connectivity index (χ1v) is 6.59. The first-order valence-electron chi connectivity index (χ1n) is 6.59. The van der Waals surface area contributed by atoms with Crippen LogP contribution in [0.15, 0.2) is 12.2 Å². The van der Waals surface area contributed by atoms with Crippen LogP contribution in [-0.4, -0.2) is 17.4 Å². The molecule has 1 saturated carbocycles. The van der Waals surface area contributed by atoms with E-state index in [1.54, 1.807) is 6.92 Å². The van der Waals surface area contributed by atoms with Gasteiger partial charge in [0, 0.05) is 6.42 Å². The maximum absolute atomic E-state index is 11.8. The van der Waals surface area contributed by atoms with Crippen molar-refractivity contribution in [2.45, 2.75) is 59.0 Å². The van der Waals surface area contributed by atoms with Crippen LogP contribution in [0.1, 0.15) is 53.4 Å². The van der Waals surface area contributed by atoms with E-state index in [0.29, 0.717) is 12.8 Å². The van der Waals surface area contributed by atoms with Crippen LogP contribution >= 0.6 is 0 Å². The number of Topliss-reactive ketones (excluding diaryl/α,β-unsaturated/α-hetero) is 1. The van der Waals surface area contributed by atoms with E-state index < -0.39 is 5.60 Å². The molecule has 2 atom stereocenters. The molecule has 0 spiro atoms. The third kappa shape index (κ3) is 4.63. The number of hydrogen-bond donors (Lipinski definition) is 0. The summed E-state index contributed by atoms with van der Waals surface area (Å²) in [6.07, 6.45) is 2.86. The van der Waals surface area contributed by atoms with Gasteiger partial charge in [0.25, 0.3) is 0 Å². The fraction of sp³-hybridized carbons (Fsp3) is 0.733. The Morgan fingerprint density at radius 2 is 1.72 bits per heavy atom. The van der Waals surface area contributed by atoms with Gasteiger partial charge in [-0.3, -0.25) is 4.79 Å². The van der Waals surface area contributed by atoms with Crippen LogP contribution < -0.4 is 0 Å². The van der Waals surface area contributed by atoms with Gasteiger partial charge in [0.1, 0.15) is 11.4 Å². The lowest BCUT2D eigenvalue weighted by molar-refractivity contribution is -0.155. The predicted octanol–water partition coefficient (Wildman–Crippen LogP) is 3.28. The zero-order valence-electron chi connectivity index (χ0n) is 11.9. The molecule has 1 unspecified atom stereocenters. The number of hydrogen-bond acceptors (Lipinski definition) is 3. The van der Waals surface area contributed by atoms with Gasteiger partial charge >= 0.3 is 5.97 Å². The van der Waals surface area contributed by atoms with Crippen LogP contribution in [0, 0.1) is 11.8 Å². The Morgan fingerprint density at radius 1 is 1.22 bits per heavy atom. The average Bonchev–Trinajstić information content (AvgIpc) is 2.46. The van der Waals surface area contributed by atoms with Crippen molar-refractivity contribution >= 4 is 11.8 Å². The quantitative estimate of drug-likeness (QED) is 0.569. The number of rotatable bonds is 4. The molecular weight excluding hydrogens is 228 g/mol. The molecule has 1 rings (SSSR count). The summed E-state index contributed by atoms with van der Waals surface area (Å²) in [6.45, 7) is 11.3. The SMILES string of the molecule is C=C1C(CC(C)=O)CC[C@H]1CC(=O)OC(C)(C)C. The van der Waals surface area contributed by atoms with Crippen molar-refractivity contribution in [1.82, 2.24) is 0 Å². The summed E-state index contributed by atoms with van der Waals surface area (Å²) >= 11 is 0. The van der Waals surface area contributed by atoms with E-state index in [0.717, 1.165) is 18.4 Å². The second-order valence-corrected chi connectivity index (χ2v) is 6.24. The fourth-order valence-corrected chi connectivity index (χ4v) is 2.50. The van der Waals surface area contributed by atoms with Gasteiger partial charge in [0.2, 0.25) is 0 Å². The normalized spacial score (nSPS) is 24.1. The van der Waals surface area contributed by atoms with Crippen molar-refractivity contribution < 1.29 is 14.3 Å². The minimum absolute atomic E-state index is 0.169. The number of esters is 1. The highest BCUT2D eigenvalue weighted by Gasteiger charge is 2.32. The van der Waals surface area contributed by atoms with Gasteiger partial charge in [-0.1, -0.05) is 12.2 Å². The maximum Gasteiger partial charge on any atom is 0.306 e. The van der Waals surface area contributed by atoms with Crippen molar-refractivity contribution in [1.29, 1.82) is 0 Å². The molecule has 1 aliphatic rings. The summed E-state index contributed by atoms with van der Waals surface area (Å²) < 4.78 is 5.32. The molecule has 0 saturated heterocycles. The molecule has 0 bridgehead atoms. The number of ether oxygens (including phenoxy) is 1. The number of carbonyl (C=O) groups is 2. The Hall–Kier alpha value is -1.12. The van der Waals surface area contributed by atoms with Crippen molar-refractivity contribution in [2.75, 3.05) is 0 Å². The largest absolute Gasteiger partial charge is 0.460 e. The molecule has 0 radical (unpaired) electrons. The molecule has 3 nitrogen and oxygen atoms in total. The van der Waals surface area contributed by atoms with Gasteiger partial charge in [-0.25, -0.2) is 0 Å². The molecule has 1 aliphatic carbocycles. The molecule has 18 heavy (non-hydrogen) atoms. The summed E-state index contributed by atoms with van der Waals surface area (Å²) in [5.41, 5.74) is 0.617. The molecule has 0 heterocycles. The van der Waals surface area contributed by atoms with Crippen LogP contribution in [0.2, 0.25) is 0 Å². The lowest BCUT2D eigenvalue weighted by Gasteiger charge is -2.21. The summed E-state index contributed by atoms with van der Waals surface area (Å²) in [7, 11) is 0. The van der Waals surface area contributed by atoms with E-state index >= 15 is 0 Å². The molecule has 102 valence electrons. The van der Waals surface area contributed by atoms with Gasteiger partial charge in [-0.05, 0) is 52.4 Å². The monoisotopic (exact) mass is 252 g/mol. The van der Waals surface area contributed by atoms with E-state index in [1.165, 1.54) is 0 Å². The second-order valence-electron chi connectivity index (χ2n) is 6.24. The molecule has 0 N–H and O–H groups in total. The van der Waals surface area contributed by atoms with Crippen LogP contribution in [0.5, 0.6) is 0 Å². The maximum atomic E-state index is 11.8. The highest BCUT2D eigenvalue weighted by molar-refractivity contribution is 5.76. The summed E-state index contributed by atoms with van der Waals surface area (Å²) in [5, 5.41) is 0. The van der Waals surface area contributed by atoms with Crippen molar-refractivity contribution in [3.8, 4) is 0 Å². The van der Waals surface area contributed by atoms with Crippen LogP contribution in [0.3, 0.4) is 0 Å². The Bertz CT molecular complexity index is 349. The Balaban J connectivity index is 2.48. The fourth-order valence-electron chi connectivity index (χ4n) is 2.50. The number of ketones is 1. The molecule has 3 heteroatoms. The topological polar surface area (TPSA) is 43.4 Å². The van der Waals surface area contributed by atoms with Crippen LogP contribution in [0.25, 0.3) is 0 Å². The number of allylic oxidation sites excluding steroid dienone is 1. The third-order valence-electron chi connectivity index (χ3n) is 3.28. The van der Waals surface area contributed by atoms with Crippen LogP contribution in [0.4, 0.5) is 0 Å². The van der Waals surface area contributed by atoms with Crippen LogP contribution in [-0.2, 0) is 14.3 Å². The lowest BCUT2D eigenvalue weighted by Crippen LogP contribution is -2.25. The Labute approximate surface area is 110 Å². The Morgan fingerprint density at radius 3 is 2.17 bits per heavy atom. The lowest BCUT2D eigenvalue weighted by atomic mass is 9.93. The van der Waals surface area contributed by atoms with Gasteiger partial charge in [0.15, 0.2) is 0 Å². The van der Waals surface area contributed by atoms with Gasteiger partial charge in [0.05, 0.1) is 6.42 Å². The van der Waals surface area contributed by atoms with Crippen molar-refractivity contribution in [3.63, 3.8) is 0 Å². The highest BCUT2D eigenvalue weighted by Crippen LogP contribution is 2.39. The van der Waals surface area contributed by atoms with Gasteiger partial charge in [-0.2, -0.15) is 0 Å². The minimum Gasteiger partial charge on any atom is -0.460 e. The van der Waals surface area contributed by atoms with Crippen molar-refractivity contribution in [3.05, 3.63) is 12.2 Å². The molecule has 1 fully saturated rings. The summed E-state index contributed by atoms with van der Waals surface area (Å²) in [4.78, 5) is 22.9. The summed E-state index contributed by atoms with van der Waals surface area (Å²) in [5.74, 6) is 0.468. The molecule has 0 amide bonds. The van der Waals surface area contributed by atoms with E-state index in [4.69, 9.17) is 4.74 Å². The van der Waals surface area contributed by atoms with E-state index in [1.807, 2.05) is 20.8 Å². The minimum atomic E-state index is -0.435. The van der Waals surface area contributed by atoms with E-state index in [-0.39, 0.29) is 23.6 Å². The van der Waals surface area contributed by atoms with E-state index in [2.05, 4.69) is 6.58 Å². The molecule has 0 aromatic heterocycles. The van der Waals surface area contributed by atoms with Gasteiger partial charge < -0.3 is 9.53 Å². The average molecular weight is 252 g/mol. The van der Waals surface area contributed by atoms with E-state index in [9.17, 15) is 9.59 Å². The first-order chi connectivity index (χ1) is 8.19. The second kappa shape index (κ2) is 5.68. The smallest absolute Gasteiger partial charge is 0.306 e. The first kappa shape index (κ1) is 14.9. The molecule has 0 aliphatic heterocycles. The predicted molar refractivity (Wildman–Crippen MR) is 71.1 cm³/mol. The molecular formula is C15H24O3. The highest BCUT2D eigenvalue weighted by atomic mass is 16.6. The Kier molecular flexibility index (Phi) is 4.71. The standard InChI is InChI=1S/C15H24O3/c1-10(16)8-12-6-7-13(11(12)2)9-14(17)18-15(3,4)5/h12-13H,2,6-9H2,1,3-5H3/t12?,13-/m0/s1. The molecule has 0 aromatic rings.